The molecule has 0 unspecified atom stereocenters. The summed E-state index contributed by atoms with van der Waals surface area (Å²) in [4.78, 5) is 13.8. The van der Waals surface area contributed by atoms with Crippen LogP contribution in [0, 0.1) is 5.92 Å². The van der Waals surface area contributed by atoms with E-state index in [1.54, 1.807) is 0 Å². The molecular formula is C12H26N2O. The molecule has 1 N–H and O–H groups in total. The van der Waals surface area contributed by atoms with Gasteiger partial charge < -0.3 is 10.2 Å². The van der Waals surface area contributed by atoms with Crippen molar-refractivity contribution < 1.29 is 4.79 Å². The van der Waals surface area contributed by atoms with Gasteiger partial charge in [-0.3, -0.25) is 4.79 Å². The van der Waals surface area contributed by atoms with Crippen molar-refractivity contribution >= 4 is 5.91 Å². The Kier molecular flexibility index (Phi) is 6.57. The molecule has 0 rings (SSSR count). The summed E-state index contributed by atoms with van der Waals surface area (Å²) in [5, 5.41) is 3.16. The Balaban J connectivity index is 4.17. The molecule has 15 heavy (non-hydrogen) atoms. The fourth-order valence-corrected chi connectivity index (χ4v) is 1.39. The van der Waals surface area contributed by atoms with E-state index in [0.29, 0.717) is 18.5 Å². The largest absolute Gasteiger partial charge is 0.339 e. The topological polar surface area (TPSA) is 32.3 Å². The van der Waals surface area contributed by atoms with Crippen LogP contribution in [0.5, 0.6) is 0 Å². The molecule has 0 saturated heterocycles. The van der Waals surface area contributed by atoms with E-state index in [1.807, 2.05) is 4.90 Å². The summed E-state index contributed by atoms with van der Waals surface area (Å²) in [6.07, 6.45) is 0. The smallest absolute Gasteiger partial charge is 0.236 e. The lowest BCUT2D eigenvalue weighted by molar-refractivity contribution is -0.132. The molecular weight excluding hydrogens is 188 g/mol. The molecule has 0 aliphatic carbocycles. The zero-order valence-electron chi connectivity index (χ0n) is 11.0. The average Bonchev–Trinajstić information content (AvgIpc) is 2.09. The molecule has 1 amide bonds. The van der Waals surface area contributed by atoms with E-state index < -0.39 is 0 Å². The highest BCUT2D eigenvalue weighted by Crippen LogP contribution is 2.04. The molecule has 0 spiro atoms. The summed E-state index contributed by atoms with van der Waals surface area (Å²) in [5.74, 6) is 0.725. The Morgan fingerprint density at radius 2 is 1.67 bits per heavy atom. The summed E-state index contributed by atoms with van der Waals surface area (Å²) in [6, 6.07) is 0.649. The second kappa shape index (κ2) is 6.83. The van der Waals surface area contributed by atoms with Crippen LogP contribution in [0.1, 0.15) is 41.5 Å². The van der Waals surface area contributed by atoms with Crippen LogP contribution < -0.4 is 5.32 Å². The molecule has 0 aliphatic rings. The monoisotopic (exact) mass is 214 g/mol. The number of nitrogens with one attached hydrogen (secondary N) is 1. The van der Waals surface area contributed by atoms with Gasteiger partial charge in [0.15, 0.2) is 0 Å². The third-order valence-corrected chi connectivity index (χ3v) is 2.17. The molecule has 0 bridgehead atoms. The second-order valence-electron chi connectivity index (χ2n) is 5.07. The van der Waals surface area contributed by atoms with E-state index in [9.17, 15) is 4.79 Å². The normalized spacial score (nSPS) is 11.5. The second-order valence-corrected chi connectivity index (χ2v) is 5.07. The van der Waals surface area contributed by atoms with Crippen molar-refractivity contribution in [1.29, 1.82) is 0 Å². The predicted molar refractivity (Wildman–Crippen MR) is 64.8 cm³/mol. The van der Waals surface area contributed by atoms with Crippen LogP contribution in [0.15, 0.2) is 0 Å². The van der Waals surface area contributed by atoms with Crippen LogP contribution in [-0.4, -0.2) is 36.0 Å². The maximum absolute atomic E-state index is 11.9. The van der Waals surface area contributed by atoms with E-state index in [4.69, 9.17) is 0 Å². The molecule has 0 aromatic carbocycles. The molecule has 0 atom stereocenters. The number of hydrogen-bond donors (Lipinski definition) is 1. The summed E-state index contributed by atoms with van der Waals surface area (Å²) in [5.41, 5.74) is 0. The lowest BCUT2D eigenvalue weighted by Crippen LogP contribution is -2.45. The Bertz CT molecular complexity index is 188. The molecule has 3 nitrogen and oxygen atoms in total. The Labute approximate surface area is 94.2 Å². The lowest BCUT2D eigenvalue weighted by atomic mass is 10.1. The van der Waals surface area contributed by atoms with E-state index in [1.165, 1.54) is 0 Å². The van der Waals surface area contributed by atoms with Crippen molar-refractivity contribution in [1.82, 2.24) is 10.2 Å². The van der Waals surface area contributed by atoms with Crippen LogP contribution in [0.3, 0.4) is 0 Å². The summed E-state index contributed by atoms with van der Waals surface area (Å²) in [6.45, 7) is 13.8. The summed E-state index contributed by atoms with van der Waals surface area (Å²) in [7, 11) is 0. The fourth-order valence-electron chi connectivity index (χ4n) is 1.39. The van der Waals surface area contributed by atoms with Gasteiger partial charge in [0.2, 0.25) is 5.91 Å². The number of carbonyl (C=O) groups excluding carboxylic acids is 1. The zero-order valence-corrected chi connectivity index (χ0v) is 11.0. The Morgan fingerprint density at radius 3 is 2.00 bits per heavy atom. The maximum atomic E-state index is 11.9. The minimum absolute atomic E-state index is 0.201. The van der Waals surface area contributed by atoms with Gasteiger partial charge in [-0.25, -0.2) is 0 Å². The van der Waals surface area contributed by atoms with Crippen molar-refractivity contribution in [3.05, 3.63) is 0 Å². The van der Waals surface area contributed by atoms with Gasteiger partial charge in [0.1, 0.15) is 0 Å². The van der Waals surface area contributed by atoms with E-state index >= 15 is 0 Å². The van der Waals surface area contributed by atoms with Crippen molar-refractivity contribution in [2.75, 3.05) is 13.1 Å². The molecule has 0 saturated carbocycles. The minimum atomic E-state index is 0.201. The van der Waals surface area contributed by atoms with Crippen LogP contribution in [0.4, 0.5) is 0 Å². The summed E-state index contributed by atoms with van der Waals surface area (Å²) < 4.78 is 0. The highest BCUT2D eigenvalue weighted by molar-refractivity contribution is 5.78. The lowest BCUT2D eigenvalue weighted by Gasteiger charge is -2.29. The SMILES string of the molecule is CC(C)CN(C(=O)CNC(C)C)C(C)C. The van der Waals surface area contributed by atoms with Gasteiger partial charge in [-0.1, -0.05) is 27.7 Å². The van der Waals surface area contributed by atoms with Crippen molar-refractivity contribution in [3.8, 4) is 0 Å². The summed E-state index contributed by atoms with van der Waals surface area (Å²) >= 11 is 0. The molecule has 0 heterocycles. The van der Waals surface area contributed by atoms with Gasteiger partial charge in [0.05, 0.1) is 6.54 Å². The van der Waals surface area contributed by atoms with Gasteiger partial charge in [0.25, 0.3) is 0 Å². The molecule has 0 aromatic heterocycles. The highest BCUT2D eigenvalue weighted by atomic mass is 16.2. The number of amides is 1. The first-order chi connectivity index (χ1) is 6.84. The van der Waals surface area contributed by atoms with Gasteiger partial charge >= 0.3 is 0 Å². The van der Waals surface area contributed by atoms with Crippen molar-refractivity contribution in [3.63, 3.8) is 0 Å². The zero-order chi connectivity index (χ0) is 12.0. The predicted octanol–water partition coefficient (Wildman–Crippen LogP) is 1.88. The molecule has 0 fully saturated rings. The van der Waals surface area contributed by atoms with E-state index in [2.05, 4.69) is 46.9 Å². The molecule has 0 radical (unpaired) electrons. The van der Waals surface area contributed by atoms with Gasteiger partial charge in [-0.05, 0) is 19.8 Å². The molecule has 0 aromatic rings. The number of hydrogen-bond acceptors (Lipinski definition) is 2. The van der Waals surface area contributed by atoms with Crippen LogP contribution in [0.2, 0.25) is 0 Å². The van der Waals surface area contributed by atoms with Gasteiger partial charge in [-0.2, -0.15) is 0 Å². The first-order valence-electron chi connectivity index (χ1n) is 5.87. The molecule has 3 heteroatoms. The van der Waals surface area contributed by atoms with Gasteiger partial charge in [0, 0.05) is 18.6 Å². The van der Waals surface area contributed by atoms with Crippen LogP contribution >= 0.6 is 0 Å². The minimum Gasteiger partial charge on any atom is -0.339 e. The average molecular weight is 214 g/mol. The van der Waals surface area contributed by atoms with Gasteiger partial charge in [-0.15, -0.1) is 0 Å². The van der Waals surface area contributed by atoms with Crippen molar-refractivity contribution in [2.45, 2.75) is 53.6 Å². The first-order valence-corrected chi connectivity index (χ1v) is 5.87. The number of nitrogens with zero attached hydrogens (tertiary/aromatic N) is 1. The number of carbonyl (C=O) groups is 1. The van der Waals surface area contributed by atoms with Crippen LogP contribution in [-0.2, 0) is 4.79 Å². The number of rotatable bonds is 6. The Morgan fingerprint density at radius 1 is 1.13 bits per heavy atom. The van der Waals surface area contributed by atoms with Crippen LogP contribution in [0.25, 0.3) is 0 Å². The molecule has 0 aliphatic heterocycles. The quantitative estimate of drug-likeness (QED) is 0.732. The standard InChI is InChI=1S/C12H26N2O/c1-9(2)8-14(11(5)6)12(15)7-13-10(3)4/h9-11,13H,7-8H2,1-6H3. The van der Waals surface area contributed by atoms with E-state index in [0.717, 1.165) is 6.54 Å². The van der Waals surface area contributed by atoms with E-state index in [-0.39, 0.29) is 11.9 Å². The van der Waals surface area contributed by atoms with Crippen molar-refractivity contribution in [2.24, 2.45) is 5.92 Å². The third-order valence-electron chi connectivity index (χ3n) is 2.17. The highest BCUT2D eigenvalue weighted by Gasteiger charge is 2.17. The molecule has 90 valence electrons. The maximum Gasteiger partial charge on any atom is 0.236 e. The Hall–Kier alpha value is -0.570. The first kappa shape index (κ1) is 14.4. The third kappa shape index (κ3) is 6.50. The fraction of sp³-hybridized carbons (Fsp3) is 0.917.